The largest absolute Gasteiger partial charge is 0.494 e. The number of aliphatic imine (C=N–C) groups is 1. The van der Waals surface area contributed by atoms with Crippen LogP contribution in [0.25, 0.3) is 0 Å². The number of guanidine groups is 1. The fraction of sp³-hybridized carbons (Fsp3) is 0.611. The second-order valence-corrected chi connectivity index (χ2v) is 6.52. The van der Waals surface area contributed by atoms with Crippen LogP contribution in [0, 0.1) is 5.92 Å². The summed E-state index contributed by atoms with van der Waals surface area (Å²) in [5, 5.41) is 6.82. The Labute approximate surface area is 161 Å². The molecule has 3 unspecified atom stereocenters. The molecule has 5 nitrogen and oxygen atoms in total. The SMILES string of the molecule is CCOc1cc2c(cc1CNC(=NC)NC1CC1C)OC(C)C2.I. The third-order valence-corrected chi connectivity index (χ3v) is 4.48. The molecule has 0 aromatic heterocycles. The van der Waals surface area contributed by atoms with Crippen molar-refractivity contribution in [1.29, 1.82) is 0 Å². The van der Waals surface area contributed by atoms with Crippen molar-refractivity contribution < 1.29 is 9.47 Å². The summed E-state index contributed by atoms with van der Waals surface area (Å²) >= 11 is 0. The molecule has 1 aromatic rings. The van der Waals surface area contributed by atoms with Crippen molar-refractivity contribution in [3.63, 3.8) is 0 Å². The van der Waals surface area contributed by atoms with Crippen LogP contribution in [0.3, 0.4) is 0 Å². The number of nitrogens with one attached hydrogen (secondary N) is 2. The molecule has 24 heavy (non-hydrogen) atoms. The molecule has 0 bridgehead atoms. The van der Waals surface area contributed by atoms with Gasteiger partial charge in [-0.25, -0.2) is 0 Å². The number of halogens is 1. The van der Waals surface area contributed by atoms with Crippen LogP contribution in [-0.4, -0.2) is 31.8 Å². The molecule has 2 N–H and O–H groups in total. The standard InChI is InChI=1S/C18H27N3O2.HI/c1-5-22-16-8-13-7-12(3)23-17(13)9-14(16)10-20-18(19-4)21-15-6-11(15)2;/h8-9,11-12,15H,5-7,10H2,1-4H3,(H2,19,20,21);1H. The summed E-state index contributed by atoms with van der Waals surface area (Å²) in [5.41, 5.74) is 2.34. The van der Waals surface area contributed by atoms with Gasteiger partial charge < -0.3 is 20.1 Å². The number of hydrogen-bond donors (Lipinski definition) is 2. The Hall–Kier alpha value is -1.18. The monoisotopic (exact) mass is 445 g/mol. The van der Waals surface area contributed by atoms with E-state index in [0.717, 1.165) is 35.4 Å². The third kappa shape index (κ3) is 4.46. The van der Waals surface area contributed by atoms with Gasteiger partial charge in [0.15, 0.2) is 5.96 Å². The van der Waals surface area contributed by atoms with E-state index in [2.05, 4.69) is 41.6 Å². The quantitative estimate of drug-likeness (QED) is 0.416. The number of nitrogens with zero attached hydrogens (tertiary/aromatic N) is 1. The Morgan fingerprint density at radius 3 is 2.75 bits per heavy atom. The zero-order valence-corrected chi connectivity index (χ0v) is 17.2. The van der Waals surface area contributed by atoms with Crippen LogP contribution in [0.4, 0.5) is 0 Å². The average molecular weight is 445 g/mol. The lowest BCUT2D eigenvalue weighted by molar-refractivity contribution is 0.254. The van der Waals surface area contributed by atoms with Gasteiger partial charge >= 0.3 is 0 Å². The minimum absolute atomic E-state index is 0. The van der Waals surface area contributed by atoms with Crippen molar-refractivity contribution in [1.82, 2.24) is 10.6 Å². The third-order valence-electron chi connectivity index (χ3n) is 4.48. The van der Waals surface area contributed by atoms with Crippen molar-refractivity contribution in [2.24, 2.45) is 10.9 Å². The summed E-state index contributed by atoms with van der Waals surface area (Å²) < 4.78 is 11.7. The average Bonchev–Trinajstić information content (AvgIpc) is 3.08. The van der Waals surface area contributed by atoms with Crippen LogP contribution in [0.5, 0.6) is 11.5 Å². The molecule has 134 valence electrons. The van der Waals surface area contributed by atoms with E-state index >= 15 is 0 Å². The fourth-order valence-electron chi connectivity index (χ4n) is 2.98. The second-order valence-electron chi connectivity index (χ2n) is 6.52. The van der Waals surface area contributed by atoms with Crippen molar-refractivity contribution in [3.8, 4) is 11.5 Å². The lowest BCUT2D eigenvalue weighted by Gasteiger charge is -2.15. The fourth-order valence-corrected chi connectivity index (χ4v) is 2.98. The van der Waals surface area contributed by atoms with Crippen LogP contribution in [-0.2, 0) is 13.0 Å². The van der Waals surface area contributed by atoms with E-state index in [9.17, 15) is 0 Å². The molecule has 0 radical (unpaired) electrons. The summed E-state index contributed by atoms with van der Waals surface area (Å²) in [6.45, 7) is 7.69. The first-order valence-electron chi connectivity index (χ1n) is 8.53. The Bertz CT molecular complexity index is 606. The lowest BCUT2D eigenvalue weighted by Crippen LogP contribution is -2.38. The van der Waals surface area contributed by atoms with Gasteiger partial charge in [0.05, 0.1) is 6.61 Å². The van der Waals surface area contributed by atoms with Gasteiger partial charge in [0.1, 0.15) is 17.6 Å². The summed E-state index contributed by atoms with van der Waals surface area (Å²) in [4.78, 5) is 4.30. The molecule has 3 atom stereocenters. The lowest BCUT2D eigenvalue weighted by atomic mass is 10.1. The summed E-state index contributed by atoms with van der Waals surface area (Å²) in [6.07, 6.45) is 2.41. The Morgan fingerprint density at radius 2 is 2.12 bits per heavy atom. The number of ether oxygens (including phenoxy) is 2. The van der Waals surface area contributed by atoms with Gasteiger partial charge in [-0.2, -0.15) is 0 Å². The zero-order chi connectivity index (χ0) is 16.4. The van der Waals surface area contributed by atoms with E-state index in [1.54, 1.807) is 7.05 Å². The van der Waals surface area contributed by atoms with Crippen molar-refractivity contribution in [3.05, 3.63) is 23.3 Å². The van der Waals surface area contributed by atoms with E-state index in [0.29, 0.717) is 19.2 Å². The molecule has 2 aliphatic rings. The highest BCUT2D eigenvalue weighted by Gasteiger charge is 2.33. The number of benzene rings is 1. The summed E-state index contributed by atoms with van der Waals surface area (Å²) in [5.74, 6) is 3.50. The summed E-state index contributed by atoms with van der Waals surface area (Å²) in [6, 6.07) is 4.78. The Morgan fingerprint density at radius 1 is 1.38 bits per heavy atom. The molecule has 0 spiro atoms. The molecule has 1 saturated carbocycles. The molecule has 1 aliphatic carbocycles. The topological polar surface area (TPSA) is 54.9 Å². The molecule has 0 saturated heterocycles. The van der Waals surface area contributed by atoms with Crippen LogP contribution in [0.15, 0.2) is 17.1 Å². The van der Waals surface area contributed by atoms with E-state index < -0.39 is 0 Å². The highest BCUT2D eigenvalue weighted by Crippen LogP contribution is 2.35. The molecular formula is C18H28IN3O2. The van der Waals surface area contributed by atoms with Crippen LogP contribution < -0.4 is 20.1 Å². The number of fused-ring (bicyclic) bond motifs is 1. The second kappa shape index (κ2) is 8.27. The predicted octanol–water partition coefficient (Wildman–Crippen LogP) is 3.10. The maximum Gasteiger partial charge on any atom is 0.191 e. The summed E-state index contributed by atoms with van der Waals surface area (Å²) in [7, 11) is 1.80. The van der Waals surface area contributed by atoms with Gasteiger partial charge in [-0.3, -0.25) is 4.99 Å². The molecule has 3 rings (SSSR count). The molecule has 1 fully saturated rings. The minimum atomic E-state index is 0. The van der Waals surface area contributed by atoms with E-state index in [1.165, 1.54) is 12.0 Å². The number of rotatable bonds is 5. The van der Waals surface area contributed by atoms with Crippen LogP contribution in [0.2, 0.25) is 0 Å². The van der Waals surface area contributed by atoms with Crippen LogP contribution in [0.1, 0.15) is 38.3 Å². The van der Waals surface area contributed by atoms with Crippen LogP contribution >= 0.6 is 24.0 Å². The Kier molecular flexibility index (Phi) is 6.60. The molecule has 1 heterocycles. The first-order valence-corrected chi connectivity index (χ1v) is 8.53. The molecule has 1 aliphatic heterocycles. The molecular weight excluding hydrogens is 417 g/mol. The van der Waals surface area contributed by atoms with Gasteiger partial charge in [0.25, 0.3) is 0 Å². The van der Waals surface area contributed by atoms with Crippen molar-refractivity contribution in [2.75, 3.05) is 13.7 Å². The predicted molar refractivity (Wildman–Crippen MR) is 108 cm³/mol. The molecule has 0 amide bonds. The van der Waals surface area contributed by atoms with Crippen molar-refractivity contribution in [2.45, 2.75) is 52.3 Å². The van der Waals surface area contributed by atoms with Gasteiger partial charge in [-0.15, -0.1) is 24.0 Å². The van der Waals surface area contributed by atoms with Gasteiger partial charge in [0.2, 0.25) is 0 Å². The van der Waals surface area contributed by atoms with E-state index in [1.807, 2.05) is 6.92 Å². The first kappa shape index (κ1) is 19.1. The van der Waals surface area contributed by atoms with E-state index in [-0.39, 0.29) is 30.1 Å². The Balaban J connectivity index is 0.00000208. The molecule has 1 aromatic carbocycles. The maximum atomic E-state index is 5.87. The smallest absolute Gasteiger partial charge is 0.191 e. The maximum absolute atomic E-state index is 5.87. The van der Waals surface area contributed by atoms with E-state index in [4.69, 9.17) is 9.47 Å². The van der Waals surface area contributed by atoms with Gasteiger partial charge in [0, 0.05) is 37.2 Å². The highest BCUT2D eigenvalue weighted by atomic mass is 127. The van der Waals surface area contributed by atoms with Crippen molar-refractivity contribution >= 4 is 29.9 Å². The van der Waals surface area contributed by atoms with Gasteiger partial charge in [-0.1, -0.05) is 6.92 Å². The van der Waals surface area contributed by atoms with Gasteiger partial charge in [-0.05, 0) is 38.3 Å². The normalized spacial score (nSPS) is 24.5. The first-order chi connectivity index (χ1) is 11.1. The number of hydrogen-bond acceptors (Lipinski definition) is 3. The minimum Gasteiger partial charge on any atom is -0.494 e. The highest BCUT2D eigenvalue weighted by molar-refractivity contribution is 14.0. The molecule has 6 heteroatoms. The zero-order valence-electron chi connectivity index (χ0n) is 14.9.